The minimum Gasteiger partial charge on any atom is -0.480 e. The summed E-state index contributed by atoms with van der Waals surface area (Å²) in [6.45, 7) is 6.42. The molecule has 0 aromatic carbocycles. The van der Waals surface area contributed by atoms with Gasteiger partial charge in [0.1, 0.15) is 5.54 Å². The van der Waals surface area contributed by atoms with Gasteiger partial charge in [-0.1, -0.05) is 20.8 Å². The Balaban J connectivity index is 2.46. The summed E-state index contributed by atoms with van der Waals surface area (Å²) in [5, 5.41) is 12.1. The van der Waals surface area contributed by atoms with Gasteiger partial charge < -0.3 is 10.4 Å². The first-order valence-corrected chi connectivity index (χ1v) is 8.03. The molecule has 0 unspecified atom stereocenters. The summed E-state index contributed by atoms with van der Waals surface area (Å²) in [4.78, 5) is 23.3. The predicted molar refractivity (Wildman–Crippen MR) is 78.4 cm³/mol. The van der Waals surface area contributed by atoms with E-state index in [1.54, 1.807) is 11.8 Å². The van der Waals surface area contributed by atoms with E-state index >= 15 is 0 Å². The highest BCUT2D eigenvalue weighted by molar-refractivity contribution is 7.99. The first-order valence-electron chi connectivity index (χ1n) is 6.87. The third-order valence-corrected chi connectivity index (χ3v) is 4.45. The van der Waals surface area contributed by atoms with Gasteiger partial charge in [-0.15, -0.1) is 0 Å². The molecule has 1 aliphatic rings. The maximum Gasteiger partial charge on any atom is 0.329 e. The fraction of sp³-hybridized carbons (Fsp3) is 0.857. The van der Waals surface area contributed by atoms with Crippen LogP contribution < -0.4 is 5.32 Å². The van der Waals surface area contributed by atoms with Crippen molar-refractivity contribution in [3.8, 4) is 0 Å². The third kappa shape index (κ3) is 5.43. The highest BCUT2D eigenvalue weighted by atomic mass is 32.2. The number of rotatable bonds is 5. The highest BCUT2D eigenvalue weighted by Crippen LogP contribution is 2.28. The molecule has 2 N–H and O–H groups in total. The monoisotopic (exact) mass is 287 g/mol. The number of hydrogen-bond acceptors (Lipinski definition) is 3. The molecule has 0 radical (unpaired) electrons. The normalized spacial score (nSPS) is 18.9. The van der Waals surface area contributed by atoms with Crippen LogP contribution in [0.4, 0.5) is 0 Å². The number of aliphatic carboxylic acids is 1. The molecule has 0 bridgehead atoms. The second kappa shape index (κ2) is 6.64. The van der Waals surface area contributed by atoms with Crippen molar-refractivity contribution in [2.45, 2.75) is 58.4 Å². The summed E-state index contributed by atoms with van der Waals surface area (Å²) in [7, 11) is 0. The molecule has 0 aromatic rings. The lowest BCUT2D eigenvalue weighted by atomic mass is 9.89. The van der Waals surface area contributed by atoms with Gasteiger partial charge in [-0.3, -0.25) is 4.79 Å². The molecular formula is C14H25NO3S. The van der Waals surface area contributed by atoms with Crippen LogP contribution in [0.1, 0.15) is 52.9 Å². The zero-order chi connectivity index (χ0) is 14.5. The van der Waals surface area contributed by atoms with Crippen LogP contribution in [0.25, 0.3) is 0 Å². The van der Waals surface area contributed by atoms with Gasteiger partial charge in [0.05, 0.1) is 0 Å². The number of thioether (sulfide) groups is 1. The SMILES string of the molecule is CC(C)(C)CCCC(=O)NC1(C(=O)O)CCSCC1. The van der Waals surface area contributed by atoms with E-state index in [9.17, 15) is 14.7 Å². The van der Waals surface area contributed by atoms with Crippen LogP contribution in [0.2, 0.25) is 0 Å². The Morgan fingerprint density at radius 1 is 1.26 bits per heavy atom. The van der Waals surface area contributed by atoms with E-state index < -0.39 is 11.5 Å². The number of carboxylic acids is 1. The highest BCUT2D eigenvalue weighted by Gasteiger charge is 2.41. The molecule has 1 rings (SSSR count). The number of amides is 1. The Morgan fingerprint density at radius 2 is 1.84 bits per heavy atom. The molecule has 19 heavy (non-hydrogen) atoms. The van der Waals surface area contributed by atoms with Gasteiger partial charge in [0.15, 0.2) is 0 Å². The Kier molecular flexibility index (Phi) is 5.71. The summed E-state index contributed by atoms with van der Waals surface area (Å²) in [5.74, 6) is 0.582. The lowest BCUT2D eigenvalue weighted by Gasteiger charge is -2.33. The standard InChI is InChI=1S/C14H25NO3S/c1-13(2,3)6-4-5-11(16)15-14(12(17)18)7-9-19-10-8-14/h4-10H2,1-3H3,(H,15,16)(H,17,18). The van der Waals surface area contributed by atoms with Crippen molar-refractivity contribution in [3.63, 3.8) is 0 Å². The second-order valence-electron chi connectivity index (χ2n) is 6.46. The summed E-state index contributed by atoms with van der Waals surface area (Å²) in [6.07, 6.45) is 3.24. The molecule has 1 aliphatic heterocycles. The van der Waals surface area contributed by atoms with Gasteiger partial charge in [-0.05, 0) is 42.6 Å². The van der Waals surface area contributed by atoms with Gasteiger partial charge in [0, 0.05) is 6.42 Å². The van der Waals surface area contributed by atoms with Crippen LogP contribution in [0.3, 0.4) is 0 Å². The lowest BCUT2D eigenvalue weighted by molar-refractivity contribution is -0.148. The molecule has 110 valence electrons. The molecule has 0 spiro atoms. The molecule has 0 aliphatic carbocycles. The van der Waals surface area contributed by atoms with Crippen molar-refractivity contribution in [3.05, 3.63) is 0 Å². The maximum absolute atomic E-state index is 11.9. The molecule has 5 heteroatoms. The Labute approximate surface area is 119 Å². The zero-order valence-corrected chi connectivity index (χ0v) is 12.9. The molecule has 1 heterocycles. The molecule has 0 atom stereocenters. The fourth-order valence-electron chi connectivity index (χ4n) is 2.22. The molecule has 0 saturated carbocycles. The topological polar surface area (TPSA) is 66.4 Å². The molecule has 1 fully saturated rings. The number of carboxylic acid groups (broad SMARTS) is 1. The summed E-state index contributed by atoms with van der Waals surface area (Å²) < 4.78 is 0. The van der Waals surface area contributed by atoms with Crippen molar-refractivity contribution in [2.24, 2.45) is 5.41 Å². The fourth-order valence-corrected chi connectivity index (χ4v) is 3.41. The van der Waals surface area contributed by atoms with Crippen LogP contribution >= 0.6 is 11.8 Å². The zero-order valence-electron chi connectivity index (χ0n) is 12.1. The number of hydrogen-bond donors (Lipinski definition) is 2. The minimum atomic E-state index is -1.02. The average Bonchev–Trinajstić information content (AvgIpc) is 2.28. The Morgan fingerprint density at radius 3 is 2.32 bits per heavy atom. The van der Waals surface area contributed by atoms with Crippen molar-refractivity contribution < 1.29 is 14.7 Å². The number of carbonyl (C=O) groups excluding carboxylic acids is 1. The Bertz CT molecular complexity index is 330. The van der Waals surface area contributed by atoms with Crippen LogP contribution in [0.15, 0.2) is 0 Å². The first-order chi connectivity index (χ1) is 8.75. The maximum atomic E-state index is 11.9. The van der Waals surface area contributed by atoms with Crippen LogP contribution in [0.5, 0.6) is 0 Å². The summed E-state index contributed by atoms with van der Waals surface area (Å²) >= 11 is 1.75. The van der Waals surface area contributed by atoms with E-state index in [0.717, 1.165) is 24.3 Å². The first kappa shape index (κ1) is 16.3. The third-order valence-electron chi connectivity index (χ3n) is 3.47. The lowest BCUT2D eigenvalue weighted by Crippen LogP contribution is -2.56. The Hall–Kier alpha value is -0.710. The van der Waals surface area contributed by atoms with E-state index in [4.69, 9.17) is 0 Å². The van der Waals surface area contributed by atoms with Gasteiger partial charge >= 0.3 is 5.97 Å². The second-order valence-corrected chi connectivity index (χ2v) is 7.69. The molecular weight excluding hydrogens is 262 g/mol. The number of nitrogens with one attached hydrogen (secondary N) is 1. The predicted octanol–water partition coefficient (Wildman–Crippen LogP) is 2.67. The molecule has 1 saturated heterocycles. The number of carbonyl (C=O) groups is 2. The summed E-state index contributed by atoms with van der Waals surface area (Å²) in [6, 6.07) is 0. The van der Waals surface area contributed by atoms with Crippen molar-refractivity contribution >= 4 is 23.6 Å². The van der Waals surface area contributed by atoms with Crippen LogP contribution in [-0.2, 0) is 9.59 Å². The van der Waals surface area contributed by atoms with Crippen LogP contribution in [0, 0.1) is 5.41 Å². The smallest absolute Gasteiger partial charge is 0.329 e. The summed E-state index contributed by atoms with van der Waals surface area (Å²) in [5.41, 5.74) is -0.809. The minimum absolute atomic E-state index is 0.126. The average molecular weight is 287 g/mol. The van der Waals surface area contributed by atoms with E-state index in [-0.39, 0.29) is 11.3 Å². The van der Waals surface area contributed by atoms with E-state index in [1.165, 1.54) is 0 Å². The van der Waals surface area contributed by atoms with Crippen molar-refractivity contribution in [1.82, 2.24) is 5.32 Å². The van der Waals surface area contributed by atoms with Gasteiger partial charge in [-0.25, -0.2) is 4.79 Å². The van der Waals surface area contributed by atoms with E-state index in [2.05, 4.69) is 26.1 Å². The van der Waals surface area contributed by atoms with Gasteiger partial charge in [0.25, 0.3) is 0 Å². The van der Waals surface area contributed by atoms with Crippen molar-refractivity contribution in [1.29, 1.82) is 0 Å². The van der Waals surface area contributed by atoms with E-state index in [0.29, 0.717) is 19.3 Å². The largest absolute Gasteiger partial charge is 0.480 e. The molecule has 0 aromatic heterocycles. The molecule has 1 amide bonds. The molecule has 4 nitrogen and oxygen atoms in total. The van der Waals surface area contributed by atoms with Gasteiger partial charge in [-0.2, -0.15) is 11.8 Å². The van der Waals surface area contributed by atoms with E-state index in [1.807, 2.05) is 0 Å². The van der Waals surface area contributed by atoms with Crippen LogP contribution in [-0.4, -0.2) is 34.0 Å². The van der Waals surface area contributed by atoms with Crippen molar-refractivity contribution in [2.75, 3.05) is 11.5 Å². The quantitative estimate of drug-likeness (QED) is 0.816. The van der Waals surface area contributed by atoms with Gasteiger partial charge in [0.2, 0.25) is 5.91 Å².